The molecular formula is C11H16N2O3S. The van der Waals surface area contributed by atoms with Gasteiger partial charge in [0, 0.05) is 13.1 Å². The van der Waals surface area contributed by atoms with Crippen molar-refractivity contribution >= 4 is 15.7 Å². The molecule has 6 heteroatoms. The number of nitrogens with two attached hydrogens (primary N) is 1. The summed E-state index contributed by atoms with van der Waals surface area (Å²) in [5.74, 6) is 0. The molecule has 2 rings (SSSR count). The Morgan fingerprint density at radius 3 is 2.59 bits per heavy atom. The van der Waals surface area contributed by atoms with E-state index in [1.807, 2.05) is 0 Å². The van der Waals surface area contributed by atoms with Gasteiger partial charge in [-0.25, -0.2) is 8.42 Å². The minimum atomic E-state index is -3.59. The molecular weight excluding hydrogens is 240 g/mol. The first-order valence-corrected chi connectivity index (χ1v) is 6.84. The summed E-state index contributed by atoms with van der Waals surface area (Å²) in [4.78, 5) is 0.109. The maximum absolute atomic E-state index is 12.3. The Morgan fingerprint density at radius 1 is 1.41 bits per heavy atom. The first-order valence-electron chi connectivity index (χ1n) is 5.40. The largest absolute Gasteiger partial charge is 0.398 e. The van der Waals surface area contributed by atoms with Crippen LogP contribution in [-0.4, -0.2) is 36.5 Å². The Labute approximate surface area is 101 Å². The monoisotopic (exact) mass is 256 g/mol. The molecule has 3 N–H and O–H groups in total. The zero-order valence-corrected chi connectivity index (χ0v) is 10.4. The summed E-state index contributed by atoms with van der Waals surface area (Å²) >= 11 is 0. The maximum atomic E-state index is 12.3. The molecule has 1 saturated heterocycles. The van der Waals surface area contributed by atoms with Gasteiger partial charge in [-0.05, 0) is 25.5 Å². The summed E-state index contributed by atoms with van der Waals surface area (Å²) in [6.45, 7) is 2.07. The lowest BCUT2D eigenvalue weighted by atomic mass is 10.1. The Kier molecular flexibility index (Phi) is 2.89. The normalized spacial score (nSPS) is 26.2. The van der Waals surface area contributed by atoms with Crippen LogP contribution in [0.4, 0.5) is 5.69 Å². The van der Waals surface area contributed by atoms with Crippen LogP contribution in [0.2, 0.25) is 0 Å². The summed E-state index contributed by atoms with van der Waals surface area (Å²) in [6, 6.07) is 6.37. The number of hydrogen-bond donors (Lipinski definition) is 2. The van der Waals surface area contributed by atoms with E-state index in [1.54, 1.807) is 25.1 Å². The Morgan fingerprint density at radius 2 is 2.06 bits per heavy atom. The molecule has 1 unspecified atom stereocenters. The van der Waals surface area contributed by atoms with Crippen LogP contribution in [0.3, 0.4) is 0 Å². The van der Waals surface area contributed by atoms with Crippen LogP contribution < -0.4 is 5.73 Å². The van der Waals surface area contributed by atoms with Gasteiger partial charge in [-0.15, -0.1) is 0 Å². The smallest absolute Gasteiger partial charge is 0.245 e. The minimum Gasteiger partial charge on any atom is -0.398 e. The number of anilines is 1. The van der Waals surface area contributed by atoms with Gasteiger partial charge in [0.05, 0.1) is 11.3 Å². The summed E-state index contributed by atoms with van der Waals surface area (Å²) in [5.41, 5.74) is 4.96. The molecule has 0 aliphatic carbocycles. The summed E-state index contributed by atoms with van der Waals surface area (Å²) in [5, 5.41) is 9.81. The van der Waals surface area contributed by atoms with E-state index in [1.165, 1.54) is 10.4 Å². The van der Waals surface area contributed by atoms with Crippen LogP contribution in [0.5, 0.6) is 0 Å². The Balaban J connectivity index is 2.36. The van der Waals surface area contributed by atoms with E-state index >= 15 is 0 Å². The van der Waals surface area contributed by atoms with E-state index in [0.29, 0.717) is 13.0 Å². The van der Waals surface area contributed by atoms with Crippen molar-refractivity contribution in [2.75, 3.05) is 18.8 Å². The van der Waals surface area contributed by atoms with Crippen molar-refractivity contribution in [3.63, 3.8) is 0 Å². The van der Waals surface area contributed by atoms with Gasteiger partial charge in [0.15, 0.2) is 0 Å². The summed E-state index contributed by atoms with van der Waals surface area (Å²) < 4.78 is 25.8. The predicted molar refractivity (Wildman–Crippen MR) is 64.9 cm³/mol. The van der Waals surface area contributed by atoms with E-state index in [2.05, 4.69) is 0 Å². The van der Waals surface area contributed by atoms with Crippen LogP contribution in [0.15, 0.2) is 29.2 Å². The molecule has 0 aromatic heterocycles. The molecule has 1 aliphatic rings. The number of sulfonamides is 1. The van der Waals surface area contributed by atoms with Gasteiger partial charge in [-0.1, -0.05) is 12.1 Å². The van der Waals surface area contributed by atoms with Crippen molar-refractivity contribution in [3.8, 4) is 0 Å². The van der Waals surface area contributed by atoms with E-state index in [9.17, 15) is 13.5 Å². The highest BCUT2D eigenvalue weighted by Crippen LogP contribution is 2.28. The maximum Gasteiger partial charge on any atom is 0.245 e. The Hall–Kier alpha value is -1.11. The quantitative estimate of drug-likeness (QED) is 0.751. The highest BCUT2D eigenvalue weighted by atomic mass is 32.2. The second-order valence-corrected chi connectivity index (χ2v) is 6.53. The molecule has 17 heavy (non-hydrogen) atoms. The number of nitrogens with zero attached hydrogens (tertiary/aromatic N) is 1. The molecule has 0 radical (unpaired) electrons. The highest BCUT2D eigenvalue weighted by Gasteiger charge is 2.38. The lowest BCUT2D eigenvalue weighted by Gasteiger charge is -2.19. The second-order valence-electron chi connectivity index (χ2n) is 4.62. The fraction of sp³-hybridized carbons (Fsp3) is 0.455. The number of para-hydroxylation sites is 1. The predicted octanol–water partition coefficient (Wildman–Crippen LogP) is 0.414. The zero-order valence-electron chi connectivity index (χ0n) is 9.63. The topological polar surface area (TPSA) is 83.6 Å². The fourth-order valence-corrected chi connectivity index (χ4v) is 3.64. The number of nitrogen functional groups attached to an aromatic ring is 1. The van der Waals surface area contributed by atoms with Crippen molar-refractivity contribution < 1.29 is 13.5 Å². The Bertz CT molecular complexity index is 525. The SMILES string of the molecule is CC1(O)CCN(S(=O)(=O)c2ccccc2N)C1. The van der Waals surface area contributed by atoms with E-state index in [4.69, 9.17) is 5.73 Å². The molecule has 1 aliphatic heterocycles. The minimum absolute atomic E-state index is 0.109. The van der Waals surface area contributed by atoms with Gasteiger partial charge >= 0.3 is 0 Å². The van der Waals surface area contributed by atoms with E-state index in [-0.39, 0.29) is 17.1 Å². The molecule has 5 nitrogen and oxygen atoms in total. The van der Waals surface area contributed by atoms with Crippen LogP contribution in [0.1, 0.15) is 13.3 Å². The lowest BCUT2D eigenvalue weighted by Crippen LogP contribution is -2.34. The van der Waals surface area contributed by atoms with Gasteiger partial charge in [-0.2, -0.15) is 4.31 Å². The molecule has 1 aromatic rings. The summed E-state index contributed by atoms with van der Waals surface area (Å²) in [6.07, 6.45) is 0.443. The van der Waals surface area contributed by atoms with Gasteiger partial charge in [0.2, 0.25) is 10.0 Å². The number of benzene rings is 1. The fourth-order valence-electron chi connectivity index (χ4n) is 1.96. The van der Waals surface area contributed by atoms with Crippen LogP contribution in [0.25, 0.3) is 0 Å². The van der Waals surface area contributed by atoms with Crippen LogP contribution in [0, 0.1) is 0 Å². The standard InChI is InChI=1S/C11H16N2O3S/c1-11(14)6-7-13(8-11)17(15,16)10-5-3-2-4-9(10)12/h2-5,14H,6-8,12H2,1H3. The van der Waals surface area contributed by atoms with Crippen molar-refractivity contribution in [2.24, 2.45) is 0 Å². The average Bonchev–Trinajstić information content (AvgIpc) is 2.60. The van der Waals surface area contributed by atoms with Crippen LogP contribution in [-0.2, 0) is 10.0 Å². The van der Waals surface area contributed by atoms with Crippen molar-refractivity contribution in [1.82, 2.24) is 4.31 Å². The third-order valence-corrected chi connectivity index (χ3v) is 4.87. The van der Waals surface area contributed by atoms with Gasteiger partial charge in [0.1, 0.15) is 4.90 Å². The van der Waals surface area contributed by atoms with Gasteiger partial charge in [-0.3, -0.25) is 0 Å². The molecule has 1 fully saturated rings. The third-order valence-electron chi connectivity index (χ3n) is 2.95. The molecule has 0 saturated carbocycles. The molecule has 1 atom stereocenters. The van der Waals surface area contributed by atoms with Crippen molar-refractivity contribution in [2.45, 2.75) is 23.8 Å². The third kappa shape index (κ3) is 2.29. The van der Waals surface area contributed by atoms with E-state index in [0.717, 1.165) is 0 Å². The first kappa shape index (κ1) is 12.3. The molecule has 0 amide bonds. The average molecular weight is 256 g/mol. The molecule has 1 aromatic carbocycles. The van der Waals surface area contributed by atoms with Crippen molar-refractivity contribution in [1.29, 1.82) is 0 Å². The number of β-amino-alcohol motifs (C(OH)–C–C–N with tert-alkyl or cyclic N) is 1. The lowest BCUT2D eigenvalue weighted by molar-refractivity contribution is 0.0762. The number of aliphatic hydroxyl groups is 1. The molecule has 0 bridgehead atoms. The highest BCUT2D eigenvalue weighted by molar-refractivity contribution is 7.89. The van der Waals surface area contributed by atoms with Gasteiger partial charge in [0.25, 0.3) is 0 Å². The number of hydrogen-bond acceptors (Lipinski definition) is 4. The van der Waals surface area contributed by atoms with Crippen molar-refractivity contribution in [3.05, 3.63) is 24.3 Å². The first-order chi connectivity index (χ1) is 7.83. The summed E-state index contributed by atoms with van der Waals surface area (Å²) in [7, 11) is -3.59. The zero-order chi connectivity index (χ0) is 12.7. The van der Waals surface area contributed by atoms with E-state index < -0.39 is 15.6 Å². The molecule has 94 valence electrons. The number of rotatable bonds is 2. The second kappa shape index (κ2) is 3.97. The molecule has 0 spiro atoms. The van der Waals surface area contributed by atoms with Crippen LogP contribution >= 0.6 is 0 Å². The molecule has 1 heterocycles. The van der Waals surface area contributed by atoms with Gasteiger partial charge < -0.3 is 10.8 Å².